The molecular formula is C11H20O3. The van der Waals surface area contributed by atoms with Crippen molar-refractivity contribution in [1.29, 1.82) is 0 Å². The van der Waals surface area contributed by atoms with E-state index in [-0.39, 0.29) is 5.97 Å². The summed E-state index contributed by atoms with van der Waals surface area (Å²) in [5.74, 6) is -0.353. The largest absolute Gasteiger partial charge is 0.465 e. The van der Waals surface area contributed by atoms with Gasteiger partial charge in [0.2, 0.25) is 0 Å². The van der Waals surface area contributed by atoms with E-state index in [0.29, 0.717) is 19.4 Å². The highest BCUT2D eigenvalue weighted by atomic mass is 16.5. The molecule has 0 saturated heterocycles. The molecule has 0 bridgehead atoms. The van der Waals surface area contributed by atoms with Crippen LogP contribution in [-0.4, -0.2) is 23.8 Å². The molecule has 0 unspecified atom stereocenters. The number of rotatable bonds is 6. The zero-order valence-electron chi connectivity index (χ0n) is 9.25. The van der Waals surface area contributed by atoms with E-state index in [4.69, 9.17) is 4.74 Å². The molecule has 0 aromatic carbocycles. The average Bonchev–Trinajstić information content (AvgIpc) is 2.17. The first kappa shape index (κ1) is 13.2. The Balaban J connectivity index is 4.68. The molecule has 82 valence electrons. The third kappa shape index (κ3) is 2.84. The highest BCUT2D eigenvalue weighted by molar-refractivity contribution is 5.77. The van der Waals surface area contributed by atoms with Gasteiger partial charge < -0.3 is 9.84 Å². The lowest BCUT2D eigenvalue weighted by Gasteiger charge is -2.30. The maximum Gasteiger partial charge on any atom is 0.314 e. The number of carbonyl (C=O) groups is 1. The molecule has 0 heterocycles. The van der Waals surface area contributed by atoms with Crippen molar-refractivity contribution in [3.05, 3.63) is 12.7 Å². The van der Waals surface area contributed by atoms with Crippen molar-refractivity contribution in [2.75, 3.05) is 6.61 Å². The third-order valence-electron chi connectivity index (χ3n) is 2.43. The van der Waals surface area contributed by atoms with E-state index in [2.05, 4.69) is 6.58 Å². The Morgan fingerprint density at radius 1 is 1.64 bits per heavy atom. The summed E-state index contributed by atoms with van der Waals surface area (Å²) in [5, 5.41) is 9.76. The SMILES string of the molecule is C=CC[C@@](C)(C(=O)OCC)[C@H](O)CC. The minimum Gasteiger partial charge on any atom is -0.465 e. The van der Waals surface area contributed by atoms with Crippen LogP contribution < -0.4 is 0 Å². The summed E-state index contributed by atoms with van der Waals surface area (Å²) in [4.78, 5) is 11.6. The molecule has 0 rings (SSSR count). The summed E-state index contributed by atoms with van der Waals surface area (Å²) >= 11 is 0. The van der Waals surface area contributed by atoms with Gasteiger partial charge in [-0.2, -0.15) is 0 Å². The first-order valence-electron chi connectivity index (χ1n) is 4.99. The number of hydrogen-bond donors (Lipinski definition) is 1. The van der Waals surface area contributed by atoms with Crippen LogP contribution in [0.5, 0.6) is 0 Å². The molecule has 1 N–H and O–H groups in total. The van der Waals surface area contributed by atoms with Crippen LogP contribution in [0, 0.1) is 5.41 Å². The molecule has 0 aliphatic carbocycles. The Kier molecular flexibility index (Phi) is 5.46. The van der Waals surface area contributed by atoms with Crippen LogP contribution in [-0.2, 0) is 9.53 Å². The zero-order chi connectivity index (χ0) is 11.2. The van der Waals surface area contributed by atoms with Crippen LogP contribution >= 0.6 is 0 Å². The number of hydrogen-bond acceptors (Lipinski definition) is 3. The molecule has 0 aliphatic rings. The van der Waals surface area contributed by atoms with Crippen LogP contribution in [0.3, 0.4) is 0 Å². The summed E-state index contributed by atoms with van der Waals surface area (Å²) < 4.78 is 4.94. The van der Waals surface area contributed by atoms with Gasteiger partial charge in [-0.25, -0.2) is 0 Å². The van der Waals surface area contributed by atoms with Gasteiger partial charge in [0.1, 0.15) is 0 Å². The van der Waals surface area contributed by atoms with E-state index in [1.54, 1.807) is 19.9 Å². The second-order valence-corrected chi connectivity index (χ2v) is 3.55. The summed E-state index contributed by atoms with van der Waals surface area (Å²) in [6.45, 7) is 9.22. The van der Waals surface area contributed by atoms with Crippen molar-refractivity contribution < 1.29 is 14.6 Å². The number of aliphatic hydroxyl groups is 1. The Hall–Kier alpha value is -0.830. The number of aliphatic hydroxyl groups excluding tert-OH is 1. The fraction of sp³-hybridized carbons (Fsp3) is 0.727. The van der Waals surface area contributed by atoms with Crippen LogP contribution in [0.25, 0.3) is 0 Å². The van der Waals surface area contributed by atoms with Gasteiger partial charge in [-0.3, -0.25) is 4.79 Å². The van der Waals surface area contributed by atoms with E-state index in [9.17, 15) is 9.90 Å². The van der Waals surface area contributed by atoms with Crippen molar-refractivity contribution in [1.82, 2.24) is 0 Å². The van der Waals surface area contributed by atoms with Gasteiger partial charge in [0.15, 0.2) is 0 Å². The molecule has 3 heteroatoms. The molecule has 0 aliphatic heterocycles. The highest BCUT2D eigenvalue weighted by Crippen LogP contribution is 2.30. The zero-order valence-corrected chi connectivity index (χ0v) is 9.25. The van der Waals surface area contributed by atoms with Gasteiger partial charge in [-0.15, -0.1) is 6.58 Å². The Bertz CT molecular complexity index is 201. The van der Waals surface area contributed by atoms with E-state index >= 15 is 0 Å². The maximum absolute atomic E-state index is 11.6. The lowest BCUT2D eigenvalue weighted by Crippen LogP contribution is -2.40. The second-order valence-electron chi connectivity index (χ2n) is 3.55. The summed E-state index contributed by atoms with van der Waals surface area (Å²) in [5.41, 5.74) is -0.855. The highest BCUT2D eigenvalue weighted by Gasteiger charge is 2.39. The van der Waals surface area contributed by atoms with E-state index in [1.165, 1.54) is 0 Å². The Morgan fingerprint density at radius 2 is 2.21 bits per heavy atom. The molecule has 3 nitrogen and oxygen atoms in total. The fourth-order valence-corrected chi connectivity index (χ4v) is 1.40. The molecular weight excluding hydrogens is 180 g/mol. The van der Waals surface area contributed by atoms with Crippen molar-refractivity contribution in [3.8, 4) is 0 Å². The van der Waals surface area contributed by atoms with Gasteiger partial charge in [0.05, 0.1) is 18.1 Å². The van der Waals surface area contributed by atoms with Crippen LogP contribution in [0.4, 0.5) is 0 Å². The van der Waals surface area contributed by atoms with E-state index in [0.717, 1.165) is 0 Å². The van der Waals surface area contributed by atoms with Gasteiger partial charge in [0.25, 0.3) is 0 Å². The van der Waals surface area contributed by atoms with E-state index < -0.39 is 11.5 Å². The molecule has 0 radical (unpaired) electrons. The van der Waals surface area contributed by atoms with Crippen LogP contribution in [0.15, 0.2) is 12.7 Å². The van der Waals surface area contributed by atoms with E-state index in [1.807, 2.05) is 6.92 Å². The fourth-order valence-electron chi connectivity index (χ4n) is 1.40. The van der Waals surface area contributed by atoms with Crippen molar-refractivity contribution in [2.45, 2.75) is 39.7 Å². The van der Waals surface area contributed by atoms with Gasteiger partial charge >= 0.3 is 5.97 Å². The van der Waals surface area contributed by atoms with Crippen molar-refractivity contribution in [2.24, 2.45) is 5.41 Å². The number of carbonyl (C=O) groups excluding carboxylic acids is 1. The Labute approximate surface area is 85.8 Å². The summed E-state index contributed by atoms with van der Waals surface area (Å²) in [7, 11) is 0. The monoisotopic (exact) mass is 200 g/mol. The number of esters is 1. The molecule has 0 saturated carbocycles. The molecule has 0 aromatic heterocycles. The Morgan fingerprint density at radius 3 is 2.57 bits per heavy atom. The normalized spacial score (nSPS) is 16.9. The lowest BCUT2D eigenvalue weighted by atomic mass is 9.80. The topological polar surface area (TPSA) is 46.5 Å². The first-order chi connectivity index (χ1) is 6.52. The average molecular weight is 200 g/mol. The lowest BCUT2D eigenvalue weighted by molar-refractivity contribution is -0.161. The van der Waals surface area contributed by atoms with Crippen molar-refractivity contribution >= 4 is 5.97 Å². The summed E-state index contributed by atoms with van der Waals surface area (Å²) in [6.07, 6.45) is 1.92. The molecule has 0 aromatic rings. The van der Waals surface area contributed by atoms with Crippen molar-refractivity contribution in [3.63, 3.8) is 0 Å². The quantitative estimate of drug-likeness (QED) is 0.526. The smallest absolute Gasteiger partial charge is 0.314 e. The van der Waals surface area contributed by atoms with Crippen LogP contribution in [0.2, 0.25) is 0 Å². The minimum atomic E-state index is -0.855. The minimum absolute atomic E-state index is 0.335. The predicted octanol–water partition coefficient (Wildman–Crippen LogP) is 1.90. The maximum atomic E-state index is 11.6. The third-order valence-corrected chi connectivity index (χ3v) is 2.43. The molecule has 14 heavy (non-hydrogen) atoms. The standard InChI is InChI=1S/C11H20O3/c1-5-8-11(4,9(12)6-2)10(13)14-7-3/h5,9,12H,1,6-8H2,2-4H3/t9-,11-/m1/s1. The molecule has 0 fully saturated rings. The number of ether oxygens (including phenoxy) is 1. The van der Waals surface area contributed by atoms with Gasteiger partial charge in [-0.05, 0) is 26.7 Å². The first-order valence-corrected chi connectivity index (χ1v) is 4.99. The predicted molar refractivity (Wildman–Crippen MR) is 55.9 cm³/mol. The molecule has 0 spiro atoms. The van der Waals surface area contributed by atoms with Gasteiger partial charge in [0, 0.05) is 0 Å². The second kappa shape index (κ2) is 5.81. The number of allylic oxidation sites excluding steroid dienone is 1. The molecule has 0 amide bonds. The molecule has 2 atom stereocenters. The van der Waals surface area contributed by atoms with Gasteiger partial charge in [-0.1, -0.05) is 13.0 Å². The summed E-state index contributed by atoms with van der Waals surface area (Å²) in [6, 6.07) is 0. The van der Waals surface area contributed by atoms with Crippen LogP contribution in [0.1, 0.15) is 33.6 Å².